The molecule has 0 bridgehead atoms. The second-order valence-corrected chi connectivity index (χ2v) is 6.11. The minimum absolute atomic E-state index is 0.0249. The third-order valence-electron chi connectivity index (χ3n) is 2.32. The van der Waals surface area contributed by atoms with Gasteiger partial charge in [-0.3, -0.25) is 0 Å². The quantitative estimate of drug-likeness (QED) is 0.367. The highest BCUT2D eigenvalue weighted by Gasteiger charge is 2.20. The molecule has 0 heterocycles. The largest absolute Gasteiger partial charge is 0.409 e. The predicted octanol–water partition coefficient (Wildman–Crippen LogP) is 1.10. The Bertz CT molecular complexity index is 545. The maximum Gasteiger partial charge on any atom is 0.242 e. The fourth-order valence-corrected chi connectivity index (χ4v) is 2.72. The second kappa shape index (κ2) is 6.03. The van der Waals surface area contributed by atoms with Crippen LogP contribution in [0.5, 0.6) is 0 Å². The Morgan fingerprint density at radius 2 is 2.22 bits per heavy atom. The number of halogens is 1. The van der Waals surface area contributed by atoms with Crippen molar-refractivity contribution < 1.29 is 13.6 Å². The standard InChI is InChI=1S/C10H14ClN3O3S/c1-14(6-5-10(12)13-15)18(16,17)9-4-2-3-8(11)7-9/h2-4,7,15H,5-6H2,1H3,(H2,12,13). The molecule has 3 N–H and O–H groups in total. The van der Waals surface area contributed by atoms with Gasteiger partial charge in [0.05, 0.1) is 4.90 Å². The van der Waals surface area contributed by atoms with E-state index in [-0.39, 0.29) is 23.7 Å². The minimum Gasteiger partial charge on any atom is -0.409 e. The van der Waals surface area contributed by atoms with Crippen LogP contribution in [0.2, 0.25) is 5.02 Å². The summed E-state index contributed by atoms with van der Waals surface area (Å²) in [5.41, 5.74) is 5.28. The molecule has 0 saturated heterocycles. The summed E-state index contributed by atoms with van der Waals surface area (Å²) in [6.07, 6.45) is 0.146. The molecule has 0 amide bonds. The van der Waals surface area contributed by atoms with Gasteiger partial charge in [-0.25, -0.2) is 12.7 Å². The van der Waals surface area contributed by atoms with E-state index in [0.717, 1.165) is 4.31 Å². The Morgan fingerprint density at radius 3 is 2.78 bits per heavy atom. The minimum atomic E-state index is -3.61. The zero-order valence-corrected chi connectivity index (χ0v) is 11.3. The lowest BCUT2D eigenvalue weighted by atomic mass is 10.4. The Labute approximate surface area is 111 Å². The van der Waals surface area contributed by atoms with Crippen LogP contribution in [-0.4, -0.2) is 37.4 Å². The zero-order valence-electron chi connectivity index (χ0n) is 9.75. The molecule has 6 nitrogen and oxygen atoms in total. The molecule has 0 spiro atoms. The average molecular weight is 292 g/mol. The van der Waals surface area contributed by atoms with Crippen molar-refractivity contribution in [3.05, 3.63) is 29.3 Å². The molecule has 0 saturated carbocycles. The second-order valence-electron chi connectivity index (χ2n) is 3.63. The number of sulfonamides is 1. The molecular formula is C10H14ClN3O3S. The van der Waals surface area contributed by atoms with Gasteiger partial charge in [0.1, 0.15) is 5.84 Å². The fourth-order valence-electron chi connectivity index (χ4n) is 1.25. The first-order valence-corrected chi connectivity index (χ1v) is 6.88. The highest BCUT2D eigenvalue weighted by atomic mass is 35.5. The lowest BCUT2D eigenvalue weighted by Gasteiger charge is -2.16. The van der Waals surface area contributed by atoms with Crippen LogP contribution in [0.1, 0.15) is 6.42 Å². The number of nitrogens with zero attached hydrogens (tertiary/aromatic N) is 2. The summed E-state index contributed by atoms with van der Waals surface area (Å²) in [7, 11) is -2.19. The van der Waals surface area contributed by atoms with Gasteiger partial charge in [-0.15, -0.1) is 0 Å². The van der Waals surface area contributed by atoms with Crippen molar-refractivity contribution in [2.24, 2.45) is 10.9 Å². The molecule has 0 fully saturated rings. The van der Waals surface area contributed by atoms with Crippen LogP contribution >= 0.6 is 11.6 Å². The number of benzene rings is 1. The Hall–Kier alpha value is -1.31. The van der Waals surface area contributed by atoms with E-state index in [1.54, 1.807) is 12.1 Å². The number of oxime groups is 1. The zero-order chi connectivity index (χ0) is 13.8. The van der Waals surface area contributed by atoms with Gasteiger partial charge in [-0.05, 0) is 18.2 Å². The third-order valence-corrected chi connectivity index (χ3v) is 4.40. The van der Waals surface area contributed by atoms with Crippen molar-refractivity contribution in [2.45, 2.75) is 11.3 Å². The monoisotopic (exact) mass is 291 g/mol. The highest BCUT2D eigenvalue weighted by Crippen LogP contribution is 2.18. The summed E-state index contributed by atoms with van der Waals surface area (Å²) < 4.78 is 25.3. The van der Waals surface area contributed by atoms with Crippen molar-refractivity contribution >= 4 is 27.5 Å². The van der Waals surface area contributed by atoms with Crippen LogP contribution < -0.4 is 5.73 Å². The Balaban J connectivity index is 2.87. The van der Waals surface area contributed by atoms with E-state index in [0.29, 0.717) is 5.02 Å². The van der Waals surface area contributed by atoms with Gasteiger partial charge in [-0.1, -0.05) is 22.8 Å². The van der Waals surface area contributed by atoms with Crippen LogP contribution in [0, 0.1) is 0 Å². The van der Waals surface area contributed by atoms with Crippen molar-refractivity contribution in [3.63, 3.8) is 0 Å². The van der Waals surface area contributed by atoms with E-state index in [1.165, 1.54) is 19.2 Å². The summed E-state index contributed by atoms with van der Waals surface area (Å²) in [4.78, 5) is 0.108. The molecule has 8 heteroatoms. The number of nitrogens with two attached hydrogens (primary N) is 1. The van der Waals surface area contributed by atoms with Gasteiger partial charge in [0.15, 0.2) is 0 Å². The van der Waals surface area contributed by atoms with Crippen LogP contribution in [0.4, 0.5) is 0 Å². The number of rotatable bonds is 5. The first-order chi connectivity index (χ1) is 8.37. The SMILES string of the molecule is CN(CC/C(N)=N/O)S(=O)(=O)c1cccc(Cl)c1. The van der Waals surface area contributed by atoms with Crippen molar-refractivity contribution in [1.29, 1.82) is 0 Å². The van der Waals surface area contributed by atoms with Crippen LogP contribution in [0.3, 0.4) is 0 Å². The Morgan fingerprint density at radius 1 is 1.56 bits per heavy atom. The fraction of sp³-hybridized carbons (Fsp3) is 0.300. The van der Waals surface area contributed by atoms with E-state index in [9.17, 15) is 8.42 Å². The van der Waals surface area contributed by atoms with Gasteiger partial charge >= 0.3 is 0 Å². The van der Waals surface area contributed by atoms with Crippen molar-refractivity contribution in [2.75, 3.05) is 13.6 Å². The Kier molecular flexibility index (Phi) is 4.94. The topological polar surface area (TPSA) is 96.0 Å². The molecule has 100 valence electrons. The number of amidine groups is 1. The van der Waals surface area contributed by atoms with Crippen LogP contribution in [0.15, 0.2) is 34.3 Å². The molecule has 18 heavy (non-hydrogen) atoms. The van der Waals surface area contributed by atoms with Gasteiger partial charge in [0.25, 0.3) is 0 Å². The summed E-state index contributed by atoms with van der Waals surface area (Å²) in [6, 6.07) is 5.99. The van der Waals surface area contributed by atoms with Crippen molar-refractivity contribution in [3.8, 4) is 0 Å². The molecule has 1 rings (SSSR count). The van der Waals surface area contributed by atoms with Crippen molar-refractivity contribution in [1.82, 2.24) is 4.31 Å². The first-order valence-electron chi connectivity index (χ1n) is 5.06. The van der Waals surface area contributed by atoms with Crippen LogP contribution in [-0.2, 0) is 10.0 Å². The third kappa shape index (κ3) is 3.59. The van der Waals surface area contributed by atoms with E-state index in [1.807, 2.05) is 0 Å². The lowest BCUT2D eigenvalue weighted by Crippen LogP contribution is -2.30. The van der Waals surface area contributed by atoms with E-state index in [2.05, 4.69) is 5.16 Å². The molecule has 0 aliphatic carbocycles. The van der Waals surface area contributed by atoms with E-state index < -0.39 is 10.0 Å². The molecule has 0 radical (unpaired) electrons. The summed E-state index contributed by atoms with van der Waals surface area (Å²) >= 11 is 5.75. The normalized spacial score (nSPS) is 12.9. The van der Waals surface area contributed by atoms with Gasteiger partial charge in [0.2, 0.25) is 10.0 Å². The number of hydrogen-bond acceptors (Lipinski definition) is 4. The lowest BCUT2D eigenvalue weighted by molar-refractivity contribution is 0.316. The van der Waals surface area contributed by atoms with Gasteiger partial charge in [0, 0.05) is 25.0 Å². The number of hydrogen-bond donors (Lipinski definition) is 2. The molecule has 0 unspecified atom stereocenters. The van der Waals surface area contributed by atoms with E-state index >= 15 is 0 Å². The first kappa shape index (κ1) is 14.7. The average Bonchev–Trinajstić information content (AvgIpc) is 2.35. The smallest absolute Gasteiger partial charge is 0.242 e. The molecule has 0 aliphatic rings. The molecule has 0 aliphatic heterocycles. The summed E-state index contributed by atoms with van der Waals surface area (Å²) in [6.45, 7) is 0.116. The van der Waals surface area contributed by atoms with E-state index in [4.69, 9.17) is 22.5 Å². The molecule has 1 aromatic rings. The molecular weight excluding hydrogens is 278 g/mol. The highest BCUT2D eigenvalue weighted by molar-refractivity contribution is 7.89. The van der Waals surface area contributed by atoms with Gasteiger partial charge < -0.3 is 10.9 Å². The molecule has 0 atom stereocenters. The summed E-state index contributed by atoms with van der Waals surface area (Å²) in [5, 5.41) is 11.5. The maximum atomic E-state index is 12.1. The van der Waals surface area contributed by atoms with Crippen LogP contribution in [0.25, 0.3) is 0 Å². The maximum absolute atomic E-state index is 12.1. The van der Waals surface area contributed by atoms with Gasteiger partial charge in [-0.2, -0.15) is 0 Å². The summed E-state index contributed by atoms with van der Waals surface area (Å²) in [5.74, 6) is -0.0249. The molecule has 0 aromatic heterocycles. The molecule has 1 aromatic carbocycles. The predicted molar refractivity (Wildman–Crippen MR) is 69.3 cm³/mol.